The molecule has 0 N–H and O–H groups in total. The molecule has 6 nitrogen and oxygen atoms in total. The van der Waals surface area contributed by atoms with Crippen LogP contribution >= 0.6 is 23.1 Å². The van der Waals surface area contributed by atoms with E-state index in [0.29, 0.717) is 42.5 Å². The van der Waals surface area contributed by atoms with Gasteiger partial charge in [-0.1, -0.05) is 24.3 Å². The molecule has 2 aromatic rings. The van der Waals surface area contributed by atoms with Crippen molar-refractivity contribution >= 4 is 39.0 Å². The molecule has 1 amide bonds. The third-order valence-corrected chi connectivity index (χ3v) is 9.68. The van der Waals surface area contributed by atoms with Gasteiger partial charge >= 0.3 is 0 Å². The number of sulfonamides is 1. The number of benzene rings is 1. The summed E-state index contributed by atoms with van der Waals surface area (Å²) < 4.78 is 41.3. The molecule has 2 aliphatic rings. The standard InChI is InChI=1S/C19H22FN3O3S3/c20-16-5-2-1-4-15(16)19-23(11-13-28-19)17(24)14-21-7-9-22(10-8-21)29(25,26)18-6-3-12-27-18/h1-6,12,19H,7-11,13-14H2/t19-/m0/s1. The molecule has 2 fully saturated rings. The molecule has 0 unspecified atom stereocenters. The lowest BCUT2D eigenvalue weighted by Crippen LogP contribution is -2.51. The van der Waals surface area contributed by atoms with E-state index in [1.165, 1.54) is 21.7 Å². The Kier molecular flexibility index (Phi) is 6.26. The SMILES string of the molecule is O=C(CN1CCN(S(=O)(=O)c2cccs2)CC1)N1CCS[C@H]1c1ccccc1F. The van der Waals surface area contributed by atoms with E-state index < -0.39 is 10.0 Å². The summed E-state index contributed by atoms with van der Waals surface area (Å²) >= 11 is 2.78. The number of hydrogen-bond donors (Lipinski definition) is 0. The van der Waals surface area contributed by atoms with Crippen molar-refractivity contribution < 1.29 is 17.6 Å². The summed E-state index contributed by atoms with van der Waals surface area (Å²) in [7, 11) is -3.45. The van der Waals surface area contributed by atoms with Crippen molar-refractivity contribution in [3.63, 3.8) is 0 Å². The van der Waals surface area contributed by atoms with Crippen molar-refractivity contribution in [2.75, 3.05) is 45.0 Å². The van der Waals surface area contributed by atoms with E-state index in [1.807, 2.05) is 4.90 Å². The van der Waals surface area contributed by atoms with E-state index >= 15 is 0 Å². The lowest BCUT2D eigenvalue weighted by molar-refractivity contribution is -0.132. The van der Waals surface area contributed by atoms with E-state index in [0.717, 1.165) is 5.75 Å². The number of carbonyl (C=O) groups is 1. The van der Waals surface area contributed by atoms with Gasteiger partial charge in [0.05, 0.1) is 6.54 Å². The third-order valence-electron chi connectivity index (χ3n) is 5.16. The number of nitrogens with zero attached hydrogens (tertiary/aromatic N) is 3. The van der Waals surface area contributed by atoms with Crippen LogP contribution < -0.4 is 0 Å². The van der Waals surface area contributed by atoms with Gasteiger partial charge in [-0.2, -0.15) is 4.31 Å². The van der Waals surface area contributed by atoms with Crippen LogP contribution in [0.5, 0.6) is 0 Å². The van der Waals surface area contributed by atoms with Crippen molar-refractivity contribution in [2.24, 2.45) is 0 Å². The molecule has 4 rings (SSSR count). The van der Waals surface area contributed by atoms with Crippen molar-refractivity contribution in [1.29, 1.82) is 0 Å². The topological polar surface area (TPSA) is 60.9 Å². The summed E-state index contributed by atoms with van der Waals surface area (Å²) in [5.74, 6) is 0.437. The first-order valence-electron chi connectivity index (χ1n) is 9.38. The monoisotopic (exact) mass is 455 g/mol. The molecule has 0 spiro atoms. The van der Waals surface area contributed by atoms with Crippen LogP contribution in [0.4, 0.5) is 4.39 Å². The first-order valence-corrected chi connectivity index (χ1v) is 12.7. The molecule has 1 aromatic heterocycles. The molecule has 3 heterocycles. The van der Waals surface area contributed by atoms with Crippen molar-refractivity contribution in [3.05, 3.63) is 53.2 Å². The summed E-state index contributed by atoms with van der Waals surface area (Å²) in [6.07, 6.45) is 0. The van der Waals surface area contributed by atoms with Crippen molar-refractivity contribution in [2.45, 2.75) is 9.58 Å². The fourth-order valence-electron chi connectivity index (χ4n) is 3.61. The fraction of sp³-hybridized carbons (Fsp3) is 0.421. The average molecular weight is 456 g/mol. The highest BCUT2D eigenvalue weighted by molar-refractivity contribution is 7.99. The first-order chi connectivity index (χ1) is 14.0. The Balaban J connectivity index is 1.36. The minimum absolute atomic E-state index is 0.0437. The Morgan fingerprint density at radius 1 is 1.07 bits per heavy atom. The number of halogens is 1. The van der Waals surface area contributed by atoms with Crippen LogP contribution in [-0.4, -0.2) is 73.5 Å². The summed E-state index contributed by atoms with van der Waals surface area (Å²) in [5, 5.41) is 1.45. The number of thiophene rings is 1. The maximum Gasteiger partial charge on any atom is 0.252 e. The second kappa shape index (κ2) is 8.73. The predicted octanol–water partition coefficient (Wildman–Crippen LogP) is 2.47. The molecule has 156 valence electrons. The molecule has 2 saturated heterocycles. The second-order valence-corrected chi connectivity index (χ2v) is 11.2. The maximum atomic E-state index is 14.2. The zero-order valence-corrected chi connectivity index (χ0v) is 18.2. The van der Waals surface area contributed by atoms with E-state index in [2.05, 4.69) is 0 Å². The zero-order chi connectivity index (χ0) is 20.4. The van der Waals surface area contributed by atoms with Crippen LogP contribution in [0.15, 0.2) is 46.0 Å². The summed E-state index contributed by atoms with van der Waals surface area (Å²) in [6.45, 7) is 2.54. The molecular weight excluding hydrogens is 433 g/mol. The maximum absolute atomic E-state index is 14.2. The third kappa shape index (κ3) is 4.36. The number of hydrogen-bond acceptors (Lipinski definition) is 6. The molecule has 10 heteroatoms. The van der Waals surface area contributed by atoms with Crippen LogP contribution in [0.1, 0.15) is 10.9 Å². The van der Waals surface area contributed by atoms with Gasteiger partial charge < -0.3 is 4.90 Å². The molecule has 1 aromatic carbocycles. The van der Waals surface area contributed by atoms with Gasteiger partial charge in [0.15, 0.2) is 0 Å². The number of piperazine rings is 1. The molecular formula is C19H22FN3O3S3. The highest BCUT2D eigenvalue weighted by Gasteiger charge is 2.34. The minimum Gasteiger partial charge on any atom is -0.325 e. The molecule has 0 bridgehead atoms. The van der Waals surface area contributed by atoms with Gasteiger partial charge in [0.1, 0.15) is 15.4 Å². The quantitative estimate of drug-likeness (QED) is 0.693. The molecule has 0 saturated carbocycles. The highest BCUT2D eigenvalue weighted by Crippen LogP contribution is 2.39. The number of carbonyl (C=O) groups excluding carboxylic acids is 1. The summed E-state index contributed by atoms with van der Waals surface area (Å²) in [4.78, 5) is 16.6. The van der Waals surface area contributed by atoms with Crippen LogP contribution in [0.25, 0.3) is 0 Å². The van der Waals surface area contributed by atoms with Gasteiger partial charge in [-0.25, -0.2) is 12.8 Å². The number of amides is 1. The Morgan fingerprint density at radius 2 is 1.83 bits per heavy atom. The summed E-state index contributed by atoms with van der Waals surface area (Å²) in [5.41, 5.74) is 0.537. The van der Waals surface area contributed by atoms with Gasteiger partial charge in [-0.05, 0) is 17.5 Å². The summed E-state index contributed by atoms with van der Waals surface area (Å²) in [6, 6.07) is 9.93. The molecule has 0 radical (unpaired) electrons. The zero-order valence-electron chi connectivity index (χ0n) is 15.7. The van der Waals surface area contributed by atoms with Gasteiger partial charge in [-0.3, -0.25) is 9.69 Å². The van der Waals surface area contributed by atoms with Gasteiger partial charge in [0, 0.05) is 44.0 Å². The number of rotatable bonds is 5. The largest absolute Gasteiger partial charge is 0.325 e. The fourth-order valence-corrected chi connectivity index (χ4v) is 7.47. The Hall–Kier alpha value is -1.46. The molecule has 0 aliphatic carbocycles. The van der Waals surface area contributed by atoms with E-state index in [-0.39, 0.29) is 23.6 Å². The Labute approximate surface area is 178 Å². The highest BCUT2D eigenvalue weighted by atomic mass is 32.2. The average Bonchev–Trinajstić information content (AvgIpc) is 3.41. The van der Waals surface area contributed by atoms with Crippen molar-refractivity contribution in [3.8, 4) is 0 Å². The minimum atomic E-state index is -3.45. The predicted molar refractivity (Wildman–Crippen MR) is 113 cm³/mol. The van der Waals surface area contributed by atoms with Crippen LogP contribution in [0.3, 0.4) is 0 Å². The van der Waals surface area contributed by atoms with E-state index in [1.54, 1.807) is 52.4 Å². The van der Waals surface area contributed by atoms with Crippen LogP contribution in [0, 0.1) is 5.82 Å². The molecule has 29 heavy (non-hydrogen) atoms. The molecule has 2 aliphatic heterocycles. The second-order valence-electron chi connectivity index (χ2n) is 6.94. The normalized spacial score (nSPS) is 21.6. The first kappa shape index (κ1) is 20.8. The Morgan fingerprint density at radius 3 is 2.52 bits per heavy atom. The van der Waals surface area contributed by atoms with Gasteiger partial charge in [0.2, 0.25) is 5.91 Å². The van der Waals surface area contributed by atoms with Gasteiger partial charge in [-0.15, -0.1) is 23.1 Å². The van der Waals surface area contributed by atoms with Crippen LogP contribution in [0.2, 0.25) is 0 Å². The van der Waals surface area contributed by atoms with Gasteiger partial charge in [0.25, 0.3) is 10.0 Å². The van der Waals surface area contributed by atoms with Crippen molar-refractivity contribution in [1.82, 2.24) is 14.1 Å². The lowest BCUT2D eigenvalue weighted by Gasteiger charge is -2.34. The smallest absolute Gasteiger partial charge is 0.252 e. The number of thioether (sulfide) groups is 1. The van der Waals surface area contributed by atoms with E-state index in [9.17, 15) is 17.6 Å². The van der Waals surface area contributed by atoms with Crippen LogP contribution in [-0.2, 0) is 14.8 Å². The Bertz CT molecular complexity index is 960. The molecule has 1 atom stereocenters. The lowest BCUT2D eigenvalue weighted by atomic mass is 10.2. The van der Waals surface area contributed by atoms with E-state index in [4.69, 9.17) is 0 Å².